The molecule has 0 spiro atoms. The molecule has 0 bridgehead atoms. The van der Waals surface area contributed by atoms with Gasteiger partial charge in [-0.1, -0.05) is 0 Å². The monoisotopic (exact) mass is 470 g/mol. The van der Waals surface area contributed by atoms with Gasteiger partial charge in [0.15, 0.2) is 11.2 Å². The van der Waals surface area contributed by atoms with Gasteiger partial charge >= 0.3 is 5.63 Å². The van der Waals surface area contributed by atoms with Gasteiger partial charge < -0.3 is 43.8 Å². The average molecular weight is 470 g/mol. The number of benzene rings is 2. The van der Waals surface area contributed by atoms with Gasteiger partial charge in [-0.05, 0) is 42.8 Å². The van der Waals surface area contributed by atoms with Crippen LogP contribution in [0.2, 0.25) is 0 Å². The summed E-state index contributed by atoms with van der Waals surface area (Å²) in [7, 11) is 0. The van der Waals surface area contributed by atoms with Crippen LogP contribution in [0.4, 0.5) is 0 Å². The van der Waals surface area contributed by atoms with E-state index in [0.29, 0.717) is 21.9 Å². The lowest BCUT2D eigenvalue weighted by Gasteiger charge is -2.34. The summed E-state index contributed by atoms with van der Waals surface area (Å²) in [5, 5.41) is 50.3. The van der Waals surface area contributed by atoms with Crippen LogP contribution < -0.4 is 10.4 Å². The second-order valence-electron chi connectivity index (χ2n) is 8.25. The number of rotatable bonds is 4. The fourth-order valence-corrected chi connectivity index (χ4v) is 4.01. The quantitative estimate of drug-likeness (QED) is 0.277. The van der Waals surface area contributed by atoms with Gasteiger partial charge in [0, 0.05) is 11.5 Å². The summed E-state index contributed by atoms with van der Waals surface area (Å²) < 4.78 is 22.4. The molecule has 0 amide bonds. The second-order valence-corrected chi connectivity index (χ2v) is 8.25. The van der Waals surface area contributed by atoms with Gasteiger partial charge in [-0.25, -0.2) is 4.79 Å². The molecular formula is C24H22O10. The first-order valence-electron chi connectivity index (χ1n) is 10.5. The number of fused-ring (bicyclic) bond motifs is 5. The lowest BCUT2D eigenvalue weighted by Crippen LogP contribution is -2.54. The van der Waals surface area contributed by atoms with Crippen LogP contribution in [0.25, 0.3) is 39.0 Å². The third-order valence-electron chi connectivity index (χ3n) is 5.82. The van der Waals surface area contributed by atoms with E-state index in [0.717, 1.165) is 0 Å². The Morgan fingerprint density at radius 1 is 1.09 bits per heavy atom. The maximum atomic E-state index is 12.9. The van der Waals surface area contributed by atoms with Crippen molar-refractivity contribution in [2.24, 2.45) is 0 Å². The Hall–Kier alpha value is -3.41. The Morgan fingerprint density at radius 3 is 2.62 bits per heavy atom. The molecule has 0 unspecified atom stereocenters. The summed E-state index contributed by atoms with van der Waals surface area (Å²) in [5.41, 5.74) is 0.808. The van der Waals surface area contributed by atoms with Crippen LogP contribution in [0.5, 0.6) is 11.5 Å². The van der Waals surface area contributed by atoms with Crippen molar-refractivity contribution >= 4 is 39.0 Å². The number of aromatic hydroxyl groups is 1. The molecule has 5 rings (SSSR count). The van der Waals surface area contributed by atoms with Crippen molar-refractivity contribution in [3.05, 3.63) is 51.9 Å². The minimum Gasteiger partial charge on any atom is -0.507 e. The van der Waals surface area contributed by atoms with Gasteiger partial charge in [0.05, 0.1) is 24.2 Å². The van der Waals surface area contributed by atoms with E-state index in [4.69, 9.17) is 18.3 Å². The topological polar surface area (TPSA) is 163 Å². The zero-order chi connectivity index (χ0) is 24.1. The smallest absolute Gasteiger partial charge is 0.348 e. The number of aliphatic hydroxyl groups excluding tert-OH is 4. The van der Waals surface area contributed by atoms with Crippen LogP contribution in [0.3, 0.4) is 0 Å². The van der Waals surface area contributed by atoms with Crippen molar-refractivity contribution in [3.8, 4) is 11.5 Å². The third-order valence-corrected chi connectivity index (χ3v) is 5.82. The third kappa shape index (κ3) is 3.61. The summed E-state index contributed by atoms with van der Waals surface area (Å²) in [6, 6.07) is 7.66. The molecule has 2 aromatic heterocycles. The van der Waals surface area contributed by atoms with E-state index in [-0.39, 0.29) is 46.8 Å². The Labute approximate surface area is 191 Å². The molecule has 4 atom stereocenters. The van der Waals surface area contributed by atoms with E-state index in [1.165, 1.54) is 18.2 Å². The molecule has 34 heavy (non-hydrogen) atoms. The first-order valence-corrected chi connectivity index (χ1v) is 10.5. The minimum absolute atomic E-state index is 0.118. The van der Waals surface area contributed by atoms with E-state index in [1.807, 2.05) is 0 Å². The molecular weight excluding hydrogens is 448 g/mol. The SMILES string of the molecule is C/C(=C/c1c(O)ccc2c1oc(=O)c1c3ccc(O[C@@H]4OC[C@@H](O)[C@H](O)[C@@H]4O)cc3oc21)CO. The molecule has 0 aliphatic carbocycles. The zero-order valence-corrected chi connectivity index (χ0v) is 18.0. The van der Waals surface area contributed by atoms with Gasteiger partial charge in [-0.15, -0.1) is 0 Å². The molecule has 10 heteroatoms. The van der Waals surface area contributed by atoms with Crippen molar-refractivity contribution < 1.29 is 43.8 Å². The number of aliphatic hydroxyl groups is 4. The van der Waals surface area contributed by atoms with Gasteiger partial charge in [0.1, 0.15) is 40.8 Å². The fraction of sp³-hybridized carbons (Fsp3) is 0.292. The van der Waals surface area contributed by atoms with Crippen LogP contribution in [0.15, 0.2) is 49.5 Å². The minimum atomic E-state index is -1.47. The highest BCUT2D eigenvalue weighted by molar-refractivity contribution is 6.14. The highest BCUT2D eigenvalue weighted by Gasteiger charge is 2.39. The van der Waals surface area contributed by atoms with Gasteiger partial charge in [-0.3, -0.25) is 0 Å². The van der Waals surface area contributed by atoms with Crippen LogP contribution in [-0.2, 0) is 4.74 Å². The van der Waals surface area contributed by atoms with E-state index in [2.05, 4.69) is 0 Å². The Morgan fingerprint density at radius 2 is 1.85 bits per heavy atom. The molecule has 5 N–H and O–H groups in total. The van der Waals surface area contributed by atoms with Crippen molar-refractivity contribution in [3.63, 3.8) is 0 Å². The van der Waals surface area contributed by atoms with E-state index in [9.17, 15) is 30.3 Å². The van der Waals surface area contributed by atoms with Gasteiger partial charge in [0.2, 0.25) is 6.29 Å². The van der Waals surface area contributed by atoms with Gasteiger partial charge in [0.25, 0.3) is 0 Å². The number of furan rings is 1. The molecule has 4 aromatic rings. The van der Waals surface area contributed by atoms with E-state index in [1.54, 1.807) is 25.1 Å². The maximum absolute atomic E-state index is 12.9. The normalized spacial score (nSPS) is 23.7. The number of phenols is 1. The molecule has 2 aromatic carbocycles. The Kier molecular flexibility index (Phi) is 5.54. The first kappa shape index (κ1) is 22.4. The second kappa shape index (κ2) is 8.42. The van der Waals surface area contributed by atoms with Gasteiger partial charge in [-0.2, -0.15) is 0 Å². The van der Waals surface area contributed by atoms with Crippen LogP contribution in [0, 0.1) is 0 Å². The van der Waals surface area contributed by atoms with E-state index >= 15 is 0 Å². The fourth-order valence-electron chi connectivity index (χ4n) is 4.01. The number of hydrogen-bond acceptors (Lipinski definition) is 10. The number of phenolic OH excluding ortho intramolecular Hbond substituents is 1. The standard InChI is InChI=1S/C24H22O10/c1-10(8-25)6-14-15(26)5-4-13-21(14)34-23(30)18-12-3-2-11(7-17(12)33-22(13)18)32-24-20(29)19(28)16(27)9-31-24/h2-7,16,19-20,24-29H,8-9H2,1H3/b10-6-/t16-,19+,20+,24+/m1/s1. The summed E-state index contributed by atoms with van der Waals surface area (Å²) in [6.45, 7) is 1.23. The molecule has 0 radical (unpaired) electrons. The van der Waals surface area contributed by atoms with Crippen molar-refractivity contribution in [1.29, 1.82) is 0 Å². The summed E-state index contributed by atoms with van der Waals surface area (Å²) in [5.74, 6) is 0.126. The summed E-state index contributed by atoms with van der Waals surface area (Å²) >= 11 is 0. The molecule has 0 saturated carbocycles. The summed E-state index contributed by atoms with van der Waals surface area (Å²) in [4.78, 5) is 12.9. The lowest BCUT2D eigenvalue weighted by molar-refractivity contribution is -0.242. The molecule has 178 valence electrons. The molecule has 1 saturated heterocycles. The Balaban J connectivity index is 1.62. The highest BCUT2D eigenvalue weighted by Crippen LogP contribution is 2.37. The predicted molar refractivity (Wildman–Crippen MR) is 121 cm³/mol. The lowest BCUT2D eigenvalue weighted by atomic mass is 10.1. The number of hydrogen-bond donors (Lipinski definition) is 5. The molecule has 3 heterocycles. The molecule has 1 aliphatic rings. The average Bonchev–Trinajstić information content (AvgIpc) is 3.21. The zero-order valence-electron chi connectivity index (χ0n) is 18.0. The number of ether oxygens (including phenoxy) is 2. The first-order chi connectivity index (χ1) is 16.3. The Bertz CT molecular complexity index is 1480. The van der Waals surface area contributed by atoms with Crippen molar-refractivity contribution in [1.82, 2.24) is 0 Å². The van der Waals surface area contributed by atoms with Crippen LogP contribution in [-0.4, -0.2) is 63.3 Å². The van der Waals surface area contributed by atoms with Crippen LogP contribution in [0.1, 0.15) is 12.5 Å². The maximum Gasteiger partial charge on any atom is 0.348 e. The summed E-state index contributed by atoms with van der Waals surface area (Å²) in [6.07, 6.45) is -3.78. The molecule has 1 fully saturated rings. The van der Waals surface area contributed by atoms with Crippen molar-refractivity contribution in [2.75, 3.05) is 13.2 Å². The largest absolute Gasteiger partial charge is 0.507 e. The van der Waals surface area contributed by atoms with Crippen LogP contribution >= 0.6 is 0 Å². The molecule has 10 nitrogen and oxygen atoms in total. The van der Waals surface area contributed by atoms with Crippen molar-refractivity contribution in [2.45, 2.75) is 31.5 Å². The highest BCUT2D eigenvalue weighted by atomic mass is 16.7. The molecule has 1 aliphatic heterocycles. The predicted octanol–water partition coefficient (Wildman–Crippen LogP) is 1.61. The van der Waals surface area contributed by atoms with E-state index < -0.39 is 30.2 Å².